The fourth-order valence-electron chi connectivity index (χ4n) is 6.69. The molecule has 1 amide bonds. The zero-order chi connectivity index (χ0) is 29.9. The first kappa shape index (κ1) is 31.6. The van der Waals surface area contributed by atoms with Crippen LogP contribution >= 0.6 is 13.5 Å². The van der Waals surface area contributed by atoms with Gasteiger partial charge in [0, 0.05) is 54.9 Å². The largest absolute Gasteiger partial charge is 0.462 e. The standard InChI is InChI=1S/C34H41N7O2.H2S/c1-24(2)19-32(42)41-18-17-40(21-27(41)20-35-3)33-29-14-16-39(31-13-7-10-25-9-5-6-12-28(25)31)22-30(29)36-34(37-33)43-23-26-11-8-15-38(26)4;/h5-7,9-10,12-13,19,26-27H,8,11,14-18,20-23H2,1-2,4H3;1H2/t26-,27?;/m0./s1. The number of aromatic nitrogens is 2. The number of likely N-dealkylation sites (tertiary alicyclic amines) is 1. The Labute approximate surface area is 267 Å². The molecule has 0 aliphatic carbocycles. The number of hydrogen-bond acceptors (Lipinski definition) is 7. The van der Waals surface area contributed by atoms with Crippen molar-refractivity contribution in [2.24, 2.45) is 0 Å². The third kappa shape index (κ3) is 6.64. The van der Waals surface area contributed by atoms with Gasteiger partial charge in [-0.15, -0.1) is 0 Å². The Hall–Kier alpha value is -3.81. The summed E-state index contributed by atoms with van der Waals surface area (Å²) in [5.74, 6) is 0.870. The zero-order valence-corrected chi connectivity index (χ0v) is 27.0. The normalized spacial score (nSPS) is 20.1. The smallest absolute Gasteiger partial charge is 0.318 e. The quantitative estimate of drug-likeness (QED) is 0.283. The summed E-state index contributed by atoms with van der Waals surface area (Å²) in [6.45, 7) is 16.6. The number of carbonyl (C=O) groups is 1. The summed E-state index contributed by atoms with van der Waals surface area (Å²) in [5.41, 5.74) is 4.31. The third-order valence-electron chi connectivity index (χ3n) is 8.99. The first-order valence-corrected chi connectivity index (χ1v) is 15.4. The molecule has 2 atom stereocenters. The Morgan fingerprint density at radius 1 is 1.05 bits per heavy atom. The molecule has 44 heavy (non-hydrogen) atoms. The number of hydrogen-bond donors (Lipinski definition) is 0. The first-order chi connectivity index (χ1) is 20.9. The van der Waals surface area contributed by atoms with Crippen molar-refractivity contribution >= 4 is 41.7 Å². The van der Waals surface area contributed by atoms with Gasteiger partial charge in [0.05, 0.1) is 12.2 Å². The van der Waals surface area contributed by atoms with Gasteiger partial charge >= 0.3 is 6.01 Å². The minimum absolute atomic E-state index is 0. The van der Waals surface area contributed by atoms with Crippen LogP contribution in [0.1, 0.15) is 37.9 Å². The average molecular weight is 614 g/mol. The molecule has 9 nitrogen and oxygen atoms in total. The Morgan fingerprint density at radius 2 is 1.86 bits per heavy atom. The van der Waals surface area contributed by atoms with Crippen LogP contribution in [0.2, 0.25) is 0 Å². The van der Waals surface area contributed by atoms with Crippen molar-refractivity contribution in [2.75, 3.05) is 62.7 Å². The van der Waals surface area contributed by atoms with Gasteiger partial charge in [0.25, 0.3) is 0 Å². The van der Waals surface area contributed by atoms with E-state index in [0.717, 1.165) is 48.6 Å². The molecule has 1 aromatic heterocycles. The molecule has 10 heteroatoms. The molecule has 0 spiro atoms. The molecule has 0 saturated carbocycles. The van der Waals surface area contributed by atoms with Crippen molar-refractivity contribution in [3.63, 3.8) is 0 Å². The van der Waals surface area contributed by atoms with Crippen molar-refractivity contribution in [3.05, 3.63) is 76.8 Å². The van der Waals surface area contributed by atoms with Crippen LogP contribution in [-0.4, -0.2) is 90.7 Å². The van der Waals surface area contributed by atoms with Crippen molar-refractivity contribution in [3.8, 4) is 6.01 Å². The summed E-state index contributed by atoms with van der Waals surface area (Å²) < 4.78 is 6.32. The van der Waals surface area contributed by atoms with Crippen LogP contribution in [-0.2, 0) is 17.8 Å². The van der Waals surface area contributed by atoms with Gasteiger partial charge in [-0.05, 0) is 58.2 Å². The van der Waals surface area contributed by atoms with Crippen molar-refractivity contribution in [2.45, 2.75) is 51.7 Å². The van der Waals surface area contributed by atoms with E-state index in [9.17, 15) is 4.79 Å². The molecular formula is C34H43N7O2S. The van der Waals surface area contributed by atoms with E-state index < -0.39 is 0 Å². The van der Waals surface area contributed by atoms with E-state index in [-0.39, 0.29) is 32.0 Å². The molecule has 6 rings (SSSR count). The second-order valence-electron chi connectivity index (χ2n) is 12.2. The maximum absolute atomic E-state index is 13.0. The SMILES string of the molecule is S.[C-]#[N+]CC1CN(c2nc(OC[C@@H]3CCCN3C)nc3c2CCN(c2cccc4ccccc24)C3)CCN1C(=O)C=C(C)C. The second kappa shape index (κ2) is 13.9. The van der Waals surface area contributed by atoms with Gasteiger partial charge in [-0.25, -0.2) is 6.57 Å². The molecule has 232 valence electrons. The summed E-state index contributed by atoms with van der Waals surface area (Å²) in [6.07, 6.45) is 4.78. The lowest BCUT2D eigenvalue weighted by molar-refractivity contribution is -0.128. The van der Waals surface area contributed by atoms with E-state index in [0.29, 0.717) is 44.8 Å². The number of amides is 1. The predicted octanol–water partition coefficient (Wildman–Crippen LogP) is 4.68. The Balaban J connectivity index is 0.00000384. The molecule has 3 aromatic rings. The maximum Gasteiger partial charge on any atom is 0.318 e. The number of carbonyl (C=O) groups excluding carboxylic acids is 1. The second-order valence-corrected chi connectivity index (χ2v) is 12.2. The molecular weight excluding hydrogens is 570 g/mol. The topological polar surface area (TPSA) is 69.4 Å². The molecule has 2 aromatic carbocycles. The number of likely N-dealkylation sites (N-methyl/N-ethyl adjacent to an activating group) is 1. The molecule has 0 radical (unpaired) electrons. The molecule has 4 heterocycles. The van der Waals surface area contributed by atoms with E-state index in [1.54, 1.807) is 6.08 Å². The lowest BCUT2D eigenvalue weighted by atomic mass is 10.0. The number of nitrogens with zero attached hydrogens (tertiary/aromatic N) is 7. The third-order valence-corrected chi connectivity index (χ3v) is 8.99. The van der Waals surface area contributed by atoms with Gasteiger partial charge < -0.3 is 29.2 Å². The number of anilines is 2. The molecule has 2 saturated heterocycles. The summed E-state index contributed by atoms with van der Waals surface area (Å²) >= 11 is 0. The lowest BCUT2D eigenvalue weighted by Gasteiger charge is -2.41. The van der Waals surface area contributed by atoms with Gasteiger partial charge in [0.2, 0.25) is 12.5 Å². The highest BCUT2D eigenvalue weighted by Crippen LogP contribution is 2.35. The average Bonchev–Trinajstić information content (AvgIpc) is 3.43. The highest BCUT2D eigenvalue weighted by molar-refractivity contribution is 7.59. The lowest BCUT2D eigenvalue weighted by Crippen LogP contribution is -2.56. The molecule has 3 aliphatic heterocycles. The molecule has 2 fully saturated rings. The van der Waals surface area contributed by atoms with E-state index >= 15 is 0 Å². The Morgan fingerprint density at radius 3 is 2.64 bits per heavy atom. The number of piperazine rings is 1. The Kier molecular flexibility index (Phi) is 9.97. The minimum Gasteiger partial charge on any atom is -0.462 e. The highest BCUT2D eigenvalue weighted by Gasteiger charge is 2.35. The van der Waals surface area contributed by atoms with E-state index in [4.69, 9.17) is 21.3 Å². The fourth-order valence-corrected chi connectivity index (χ4v) is 6.69. The van der Waals surface area contributed by atoms with Gasteiger partial charge in [-0.1, -0.05) is 42.0 Å². The molecule has 1 unspecified atom stereocenters. The van der Waals surface area contributed by atoms with Crippen molar-refractivity contribution in [1.29, 1.82) is 0 Å². The van der Waals surface area contributed by atoms with Gasteiger partial charge in [0.1, 0.15) is 18.5 Å². The van der Waals surface area contributed by atoms with Crippen LogP contribution < -0.4 is 14.5 Å². The number of rotatable bonds is 7. The number of benzene rings is 2. The van der Waals surface area contributed by atoms with Crippen LogP contribution in [0.25, 0.3) is 15.6 Å². The van der Waals surface area contributed by atoms with E-state index in [1.165, 1.54) is 22.9 Å². The maximum atomic E-state index is 13.0. The summed E-state index contributed by atoms with van der Waals surface area (Å²) in [7, 11) is 2.15. The van der Waals surface area contributed by atoms with Gasteiger partial charge in [-0.2, -0.15) is 23.5 Å². The number of fused-ring (bicyclic) bond motifs is 2. The van der Waals surface area contributed by atoms with Crippen molar-refractivity contribution < 1.29 is 9.53 Å². The van der Waals surface area contributed by atoms with Crippen molar-refractivity contribution in [1.82, 2.24) is 19.8 Å². The zero-order valence-electron chi connectivity index (χ0n) is 26.0. The van der Waals surface area contributed by atoms with Gasteiger partial charge in [0.15, 0.2) is 0 Å². The molecule has 3 aliphatic rings. The Bertz CT molecular complexity index is 1560. The van der Waals surface area contributed by atoms with Crippen LogP contribution in [0.3, 0.4) is 0 Å². The summed E-state index contributed by atoms with van der Waals surface area (Å²) in [5, 5.41) is 2.47. The van der Waals surface area contributed by atoms with Crippen LogP contribution in [0.5, 0.6) is 6.01 Å². The fraction of sp³-hybridized carbons (Fsp3) is 0.471. The van der Waals surface area contributed by atoms with Crippen LogP contribution in [0, 0.1) is 6.57 Å². The monoisotopic (exact) mass is 613 g/mol. The highest BCUT2D eigenvalue weighted by atomic mass is 32.1. The van der Waals surface area contributed by atoms with Crippen LogP contribution in [0.4, 0.5) is 11.5 Å². The summed E-state index contributed by atoms with van der Waals surface area (Å²) in [4.78, 5) is 35.6. The minimum atomic E-state index is -0.202. The number of ether oxygens (including phenoxy) is 1. The molecule has 0 N–H and O–H groups in total. The van der Waals surface area contributed by atoms with E-state index in [2.05, 4.69) is 69.1 Å². The first-order valence-electron chi connectivity index (χ1n) is 15.4. The van der Waals surface area contributed by atoms with Gasteiger partial charge in [-0.3, -0.25) is 4.79 Å². The van der Waals surface area contributed by atoms with Crippen LogP contribution in [0.15, 0.2) is 54.1 Å². The predicted molar refractivity (Wildman–Crippen MR) is 181 cm³/mol. The number of allylic oxidation sites excluding steroid dienone is 1. The summed E-state index contributed by atoms with van der Waals surface area (Å²) in [6, 6.07) is 15.6. The molecule has 0 bridgehead atoms. The van der Waals surface area contributed by atoms with E-state index in [1.807, 2.05) is 18.7 Å².